The van der Waals surface area contributed by atoms with Crippen LogP contribution in [0, 0.1) is 5.92 Å². The molecular weight excluding hydrogens is 350 g/mol. The molecule has 2 atom stereocenters. The SMILES string of the molecule is COCCN1CC[C@@H](CNC(=O)c2cc(N)cc3c2OCCCO3)[C@H](O)C1. The molecule has 150 valence electrons. The lowest BCUT2D eigenvalue weighted by atomic mass is 9.93. The van der Waals surface area contributed by atoms with E-state index in [0.717, 1.165) is 25.9 Å². The summed E-state index contributed by atoms with van der Waals surface area (Å²) in [5.41, 5.74) is 6.74. The van der Waals surface area contributed by atoms with Crippen molar-refractivity contribution in [1.82, 2.24) is 10.2 Å². The minimum absolute atomic E-state index is 0.0181. The van der Waals surface area contributed by atoms with Gasteiger partial charge in [0.2, 0.25) is 0 Å². The van der Waals surface area contributed by atoms with Crippen LogP contribution in [0.15, 0.2) is 12.1 Å². The van der Waals surface area contributed by atoms with E-state index in [1.807, 2.05) is 0 Å². The number of nitrogens with one attached hydrogen (secondary N) is 1. The number of likely N-dealkylation sites (tertiary alicyclic amines) is 1. The third-order valence-corrected chi connectivity index (χ3v) is 5.06. The van der Waals surface area contributed by atoms with Gasteiger partial charge in [-0.1, -0.05) is 0 Å². The maximum atomic E-state index is 12.7. The van der Waals surface area contributed by atoms with Gasteiger partial charge in [-0.25, -0.2) is 0 Å². The predicted molar refractivity (Wildman–Crippen MR) is 101 cm³/mol. The van der Waals surface area contributed by atoms with Gasteiger partial charge in [0, 0.05) is 50.8 Å². The third kappa shape index (κ3) is 5.03. The van der Waals surface area contributed by atoms with Crippen LogP contribution in [0.1, 0.15) is 23.2 Å². The molecule has 2 heterocycles. The quantitative estimate of drug-likeness (QED) is 0.618. The van der Waals surface area contributed by atoms with Crippen molar-refractivity contribution in [2.45, 2.75) is 18.9 Å². The van der Waals surface area contributed by atoms with Crippen LogP contribution in [-0.4, -0.2) is 75.1 Å². The van der Waals surface area contributed by atoms with Crippen molar-refractivity contribution < 1.29 is 24.1 Å². The molecular formula is C19H29N3O5. The van der Waals surface area contributed by atoms with Crippen LogP contribution in [0.2, 0.25) is 0 Å². The number of nitrogens with two attached hydrogens (primary N) is 1. The van der Waals surface area contributed by atoms with E-state index in [2.05, 4.69) is 10.2 Å². The molecule has 8 nitrogen and oxygen atoms in total. The van der Waals surface area contributed by atoms with Crippen molar-refractivity contribution in [2.24, 2.45) is 5.92 Å². The second-order valence-corrected chi connectivity index (χ2v) is 7.07. The number of aliphatic hydroxyl groups excluding tert-OH is 1. The average molecular weight is 379 g/mol. The van der Waals surface area contributed by atoms with E-state index in [1.165, 1.54) is 0 Å². The topological polar surface area (TPSA) is 106 Å². The molecule has 0 spiro atoms. The van der Waals surface area contributed by atoms with E-state index in [0.29, 0.717) is 55.7 Å². The van der Waals surface area contributed by atoms with Gasteiger partial charge in [0.1, 0.15) is 0 Å². The largest absolute Gasteiger partial charge is 0.489 e. The van der Waals surface area contributed by atoms with Crippen molar-refractivity contribution in [3.63, 3.8) is 0 Å². The normalized spacial score (nSPS) is 22.9. The van der Waals surface area contributed by atoms with Crippen LogP contribution < -0.4 is 20.5 Å². The molecule has 0 bridgehead atoms. The molecule has 8 heteroatoms. The fourth-order valence-corrected chi connectivity index (χ4v) is 3.49. The Morgan fingerprint density at radius 2 is 2.22 bits per heavy atom. The van der Waals surface area contributed by atoms with Crippen LogP contribution >= 0.6 is 0 Å². The van der Waals surface area contributed by atoms with Crippen molar-refractivity contribution >= 4 is 11.6 Å². The molecule has 0 aliphatic carbocycles. The maximum Gasteiger partial charge on any atom is 0.255 e. The van der Waals surface area contributed by atoms with Gasteiger partial charge in [0.25, 0.3) is 5.91 Å². The number of hydrogen-bond acceptors (Lipinski definition) is 7. The first-order chi connectivity index (χ1) is 13.1. The summed E-state index contributed by atoms with van der Waals surface area (Å²) >= 11 is 0. The molecule has 0 saturated carbocycles. The predicted octanol–water partition coefficient (Wildman–Crippen LogP) is 0.489. The summed E-state index contributed by atoms with van der Waals surface area (Å²) in [4.78, 5) is 14.9. The number of benzene rings is 1. The van der Waals surface area contributed by atoms with Gasteiger partial charge in [0.15, 0.2) is 11.5 Å². The Labute approximate surface area is 159 Å². The molecule has 1 fully saturated rings. The number of carbonyl (C=O) groups is 1. The van der Waals surface area contributed by atoms with Gasteiger partial charge in [-0.15, -0.1) is 0 Å². The summed E-state index contributed by atoms with van der Waals surface area (Å²) in [6.45, 7) is 4.36. The number of piperidine rings is 1. The first-order valence-corrected chi connectivity index (χ1v) is 9.45. The summed E-state index contributed by atoms with van der Waals surface area (Å²) in [7, 11) is 1.67. The highest BCUT2D eigenvalue weighted by Gasteiger charge is 2.28. The van der Waals surface area contributed by atoms with Crippen molar-refractivity contribution in [3.8, 4) is 11.5 Å². The summed E-state index contributed by atoms with van der Waals surface area (Å²) < 4.78 is 16.4. The van der Waals surface area contributed by atoms with Gasteiger partial charge in [0.05, 0.1) is 31.5 Å². The standard InChI is InChI=1S/C19H29N3O5/c1-25-8-5-22-4-3-13(16(23)12-22)11-21-19(24)15-9-14(20)10-17-18(15)27-7-2-6-26-17/h9-10,13,16,23H,2-8,11-12,20H2,1H3,(H,21,24)/t13-,16+/m0/s1. The molecule has 1 aromatic rings. The zero-order chi connectivity index (χ0) is 19.2. The molecule has 0 radical (unpaired) electrons. The third-order valence-electron chi connectivity index (χ3n) is 5.06. The average Bonchev–Trinajstić information content (AvgIpc) is 2.90. The number of methoxy groups -OCH3 is 1. The van der Waals surface area contributed by atoms with E-state index in [1.54, 1.807) is 19.2 Å². The van der Waals surface area contributed by atoms with E-state index >= 15 is 0 Å². The zero-order valence-corrected chi connectivity index (χ0v) is 15.8. The number of hydrogen-bond donors (Lipinski definition) is 3. The number of carbonyl (C=O) groups excluding carboxylic acids is 1. The summed E-state index contributed by atoms with van der Waals surface area (Å²) in [6, 6.07) is 3.28. The second kappa shape index (κ2) is 9.25. The van der Waals surface area contributed by atoms with Crippen LogP contribution in [0.4, 0.5) is 5.69 Å². The Hall–Kier alpha value is -2.03. The molecule has 2 aliphatic heterocycles. The van der Waals surface area contributed by atoms with Gasteiger partial charge in [-0.3, -0.25) is 9.69 Å². The molecule has 27 heavy (non-hydrogen) atoms. The highest BCUT2D eigenvalue weighted by atomic mass is 16.5. The number of nitrogen functional groups attached to an aromatic ring is 1. The number of anilines is 1. The Bertz CT molecular complexity index is 654. The number of nitrogens with zero attached hydrogens (tertiary/aromatic N) is 1. The van der Waals surface area contributed by atoms with Crippen LogP contribution in [0.25, 0.3) is 0 Å². The number of amides is 1. The Morgan fingerprint density at radius 3 is 3.00 bits per heavy atom. The smallest absolute Gasteiger partial charge is 0.255 e. The van der Waals surface area contributed by atoms with Gasteiger partial charge in [-0.2, -0.15) is 0 Å². The molecule has 1 saturated heterocycles. The van der Waals surface area contributed by atoms with Crippen molar-refractivity contribution in [3.05, 3.63) is 17.7 Å². The first kappa shape index (κ1) is 19.7. The minimum atomic E-state index is -0.478. The first-order valence-electron chi connectivity index (χ1n) is 9.45. The molecule has 0 unspecified atom stereocenters. The van der Waals surface area contributed by atoms with Crippen LogP contribution in [0.5, 0.6) is 11.5 Å². The highest BCUT2D eigenvalue weighted by Crippen LogP contribution is 2.35. The zero-order valence-electron chi connectivity index (χ0n) is 15.8. The monoisotopic (exact) mass is 379 g/mol. The highest BCUT2D eigenvalue weighted by molar-refractivity contribution is 5.98. The Balaban J connectivity index is 1.59. The Kier molecular flexibility index (Phi) is 6.76. The number of rotatable bonds is 6. The fourth-order valence-electron chi connectivity index (χ4n) is 3.49. The lowest BCUT2D eigenvalue weighted by Gasteiger charge is -2.35. The summed E-state index contributed by atoms with van der Waals surface area (Å²) in [5.74, 6) is 0.695. The lowest BCUT2D eigenvalue weighted by Crippen LogP contribution is -2.48. The van der Waals surface area contributed by atoms with Gasteiger partial charge in [-0.05, 0) is 19.0 Å². The number of aliphatic hydroxyl groups is 1. The molecule has 2 aliphatic rings. The fraction of sp³-hybridized carbons (Fsp3) is 0.632. The molecule has 0 aromatic heterocycles. The van der Waals surface area contributed by atoms with Gasteiger partial charge < -0.3 is 30.4 Å². The van der Waals surface area contributed by atoms with E-state index in [4.69, 9.17) is 19.9 Å². The lowest BCUT2D eigenvalue weighted by molar-refractivity contribution is 0.0132. The van der Waals surface area contributed by atoms with E-state index < -0.39 is 6.10 Å². The van der Waals surface area contributed by atoms with Crippen LogP contribution in [0.3, 0.4) is 0 Å². The maximum absolute atomic E-state index is 12.7. The molecule has 4 N–H and O–H groups in total. The minimum Gasteiger partial charge on any atom is -0.489 e. The van der Waals surface area contributed by atoms with Crippen LogP contribution in [-0.2, 0) is 4.74 Å². The van der Waals surface area contributed by atoms with Crippen molar-refractivity contribution in [1.29, 1.82) is 0 Å². The van der Waals surface area contributed by atoms with E-state index in [9.17, 15) is 9.90 Å². The van der Waals surface area contributed by atoms with Crippen molar-refractivity contribution in [2.75, 3.05) is 58.8 Å². The summed E-state index contributed by atoms with van der Waals surface area (Å²) in [6.07, 6.45) is 1.09. The Morgan fingerprint density at radius 1 is 1.41 bits per heavy atom. The molecule has 1 amide bonds. The van der Waals surface area contributed by atoms with Gasteiger partial charge >= 0.3 is 0 Å². The molecule has 1 aromatic carbocycles. The number of ether oxygens (including phenoxy) is 3. The number of β-amino-alcohol motifs (C(OH)–C–C–N with tert-alkyl or cyclic N) is 1. The second-order valence-electron chi connectivity index (χ2n) is 7.07. The number of fused-ring (bicyclic) bond motifs is 1. The molecule has 3 rings (SSSR count). The van der Waals surface area contributed by atoms with E-state index in [-0.39, 0.29) is 11.8 Å². The summed E-state index contributed by atoms with van der Waals surface area (Å²) in [5, 5.41) is 13.3.